The predicted octanol–water partition coefficient (Wildman–Crippen LogP) is 5.38. The fourth-order valence-corrected chi connectivity index (χ4v) is 2.72. The molecule has 3 rings (SSSR count). The van der Waals surface area contributed by atoms with E-state index < -0.39 is 0 Å². The molecule has 0 aliphatic carbocycles. The predicted molar refractivity (Wildman–Crippen MR) is 114 cm³/mol. The number of amides is 1. The summed E-state index contributed by atoms with van der Waals surface area (Å²) in [7, 11) is 1.63. The van der Waals surface area contributed by atoms with Crippen LogP contribution in [0.3, 0.4) is 0 Å². The fraction of sp³-hybridized carbons (Fsp3) is 0.217. The van der Waals surface area contributed by atoms with Crippen molar-refractivity contribution < 1.29 is 9.53 Å². The van der Waals surface area contributed by atoms with Gasteiger partial charge in [0.05, 0.1) is 7.11 Å². The number of nitrogens with one attached hydrogen (secondary N) is 2. The number of ether oxygens (including phenoxy) is 1. The number of hydrogen-bond acceptors (Lipinski definition) is 4. The molecule has 0 unspecified atom stereocenters. The molecule has 0 fully saturated rings. The van der Waals surface area contributed by atoms with E-state index in [0.717, 1.165) is 17.1 Å². The van der Waals surface area contributed by atoms with Gasteiger partial charge in [0.1, 0.15) is 11.6 Å². The number of nitrogens with zero attached hydrogens (tertiary/aromatic N) is 1. The Morgan fingerprint density at radius 1 is 0.929 bits per heavy atom. The van der Waals surface area contributed by atoms with E-state index >= 15 is 0 Å². The molecule has 0 aliphatic heterocycles. The summed E-state index contributed by atoms with van der Waals surface area (Å²) in [6.45, 7) is 6.48. The lowest BCUT2D eigenvalue weighted by atomic mass is 9.87. The van der Waals surface area contributed by atoms with Gasteiger partial charge in [-0.25, -0.2) is 4.98 Å². The van der Waals surface area contributed by atoms with E-state index in [2.05, 4.69) is 36.4 Å². The second kappa shape index (κ2) is 8.13. The van der Waals surface area contributed by atoms with Crippen molar-refractivity contribution in [2.75, 3.05) is 17.7 Å². The van der Waals surface area contributed by atoms with E-state index in [0.29, 0.717) is 11.4 Å². The Kier molecular flexibility index (Phi) is 5.64. The van der Waals surface area contributed by atoms with Gasteiger partial charge in [-0.15, -0.1) is 0 Å². The Bertz CT molecular complexity index is 943. The van der Waals surface area contributed by atoms with Gasteiger partial charge < -0.3 is 15.4 Å². The molecule has 3 aromatic rings. The Morgan fingerprint density at radius 3 is 2.18 bits per heavy atom. The van der Waals surface area contributed by atoms with Crippen LogP contribution in [0.2, 0.25) is 0 Å². The van der Waals surface area contributed by atoms with E-state index in [1.807, 2.05) is 48.5 Å². The highest BCUT2D eigenvalue weighted by Crippen LogP contribution is 2.24. The minimum Gasteiger partial charge on any atom is -0.497 e. The molecule has 5 heteroatoms. The molecule has 5 nitrogen and oxygen atoms in total. The van der Waals surface area contributed by atoms with Gasteiger partial charge in [0.15, 0.2) is 0 Å². The number of methoxy groups -OCH3 is 1. The Balaban J connectivity index is 1.69. The van der Waals surface area contributed by atoms with Crippen LogP contribution >= 0.6 is 0 Å². The van der Waals surface area contributed by atoms with E-state index in [-0.39, 0.29) is 11.3 Å². The smallest absolute Gasteiger partial charge is 0.255 e. The van der Waals surface area contributed by atoms with Crippen LogP contribution in [0.25, 0.3) is 0 Å². The van der Waals surface area contributed by atoms with E-state index in [9.17, 15) is 4.79 Å². The highest BCUT2D eigenvalue weighted by Gasteiger charge is 2.13. The van der Waals surface area contributed by atoms with Crippen LogP contribution < -0.4 is 15.4 Å². The molecule has 0 aliphatic rings. The summed E-state index contributed by atoms with van der Waals surface area (Å²) in [5.41, 5.74) is 3.46. The second-order valence-corrected chi connectivity index (χ2v) is 7.56. The summed E-state index contributed by atoms with van der Waals surface area (Å²) in [6, 6.07) is 18.9. The van der Waals surface area contributed by atoms with Crippen LogP contribution in [0.15, 0.2) is 66.9 Å². The maximum Gasteiger partial charge on any atom is 0.255 e. The molecule has 0 bridgehead atoms. The first-order valence-electron chi connectivity index (χ1n) is 9.14. The molecule has 0 atom stereocenters. The first-order chi connectivity index (χ1) is 13.3. The van der Waals surface area contributed by atoms with Gasteiger partial charge in [-0.2, -0.15) is 0 Å². The van der Waals surface area contributed by atoms with Crippen molar-refractivity contribution in [1.82, 2.24) is 4.98 Å². The first kappa shape index (κ1) is 19.4. The van der Waals surface area contributed by atoms with Crippen molar-refractivity contribution in [3.8, 4) is 5.75 Å². The molecular weight excluding hydrogens is 350 g/mol. The number of pyridine rings is 1. The van der Waals surface area contributed by atoms with Crippen molar-refractivity contribution in [3.05, 3.63) is 78.0 Å². The zero-order chi connectivity index (χ0) is 20.1. The lowest BCUT2D eigenvalue weighted by molar-refractivity contribution is 0.102. The van der Waals surface area contributed by atoms with Crippen molar-refractivity contribution in [3.63, 3.8) is 0 Å². The van der Waals surface area contributed by atoms with Crippen LogP contribution in [0.5, 0.6) is 5.75 Å². The fourth-order valence-electron chi connectivity index (χ4n) is 2.72. The number of rotatable bonds is 5. The van der Waals surface area contributed by atoms with Crippen LogP contribution in [0.4, 0.5) is 17.2 Å². The van der Waals surface area contributed by atoms with Gasteiger partial charge in [-0.05, 0) is 59.5 Å². The van der Waals surface area contributed by atoms with Gasteiger partial charge >= 0.3 is 0 Å². The number of carbonyl (C=O) groups excluding carboxylic acids is 1. The van der Waals surface area contributed by atoms with Gasteiger partial charge in [0.25, 0.3) is 5.91 Å². The summed E-state index contributed by atoms with van der Waals surface area (Å²) < 4.78 is 5.16. The normalized spacial score (nSPS) is 11.0. The maximum atomic E-state index is 12.6. The van der Waals surface area contributed by atoms with Gasteiger partial charge in [0.2, 0.25) is 0 Å². The van der Waals surface area contributed by atoms with Crippen molar-refractivity contribution in [2.24, 2.45) is 0 Å². The summed E-state index contributed by atoms with van der Waals surface area (Å²) in [6.07, 6.45) is 1.61. The van der Waals surface area contributed by atoms with Crippen molar-refractivity contribution in [1.29, 1.82) is 0 Å². The van der Waals surface area contributed by atoms with E-state index in [1.165, 1.54) is 5.56 Å². The van der Waals surface area contributed by atoms with Gasteiger partial charge in [0, 0.05) is 23.1 Å². The molecule has 1 aromatic heterocycles. The zero-order valence-electron chi connectivity index (χ0n) is 16.6. The minimum absolute atomic E-state index is 0.0790. The molecule has 1 amide bonds. The number of benzene rings is 2. The second-order valence-electron chi connectivity index (χ2n) is 7.56. The highest BCUT2D eigenvalue weighted by atomic mass is 16.5. The number of aromatic nitrogens is 1. The average Bonchev–Trinajstić information content (AvgIpc) is 2.68. The summed E-state index contributed by atoms with van der Waals surface area (Å²) in [5, 5.41) is 6.12. The SMILES string of the molecule is COc1ccc(Nc2cc(C(=O)Nc3ccc(C(C)(C)C)cc3)ccn2)cc1. The molecule has 2 N–H and O–H groups in total. The third-order valence-corrected chi connectivity index (χ3v) is 4.39. The molecule has 2 aromatic carbocycles. The minimum atomic E-state index is -0.177. The summed E-state index contributed by atoms with van der Waals surface area (Å²) in [4.78, 5) is 16.9. The van der Waals surface area contributed by atoms with Crippen molar-refractivity contribution in [2.45, 2.75) is 26.2 Å². The lowest BCUT2D eigenvalue weighted by Gasteiger charge is -2.19. The van der Waals surface area contributed by atoms with E-state index in [1.54, 1.807) is 25.4 Å². The zero-order valence-corrected chi connectivity index (χ0v) is 16.6. The Morgan fingerprint density at radius 2 is 1.57 bits per heavy atom. The quantitative estimate of drug-likeness (QED) is 0.628. The molecular formula is C23H25N3O2. The topological polar surface area (TPSA) is 63.2 Å². The first-order valence-corrected chi connectivity index (χ1v) is 9.14. The number of hydrogen-bond donors (Lipinski definition) is 2. The van der Waals surface area contributed by atoms with Gasteiger partial charge in [-0.1, -0.05) is 32.9 Å². The number of anilines is 3. The molecule has 0 spiro atoms. The largest absolute Gasteiger partial charge is 0.497 e. The molecule has 0 saturated carbocycles. The lowest BCUT2D eigenvalue weighted by Crippen LogP contribution is -2.14. The van der Waals surface area contributed by atoms with Crippen LogP contribution in [-0.4, -0.2) is 18.0 Å². The molecule has 144 valence electrons. The summed E-state index contributed by atoms with van der Waals surface area (Å²) in [5.74, 6) is 1.20. The molecule has 0 saturated heterocycles. The maximum absolute atomic E-state index is 12.6. The molecule has 0 radical (unpaired) electrons. The average molecular weight is 375 g/mol. The van der Waals surface area contributed by atoms with Gasteiger partial charge in [-0.3, -0.25) is 4.79 Å². The Hall–Kier alpha value is -3.34. The third-order valence-electron chi connectivity index (χ3n) is 4.39. The monoisotopic (exact) mass is 375 g/mol. The molecule has 28 heavy (non-hydrogen) atoms. The van der Waals surface area contributed by atoms with Crippen LogP contribution in [-0.2, 0) is 5.41 Å². The van der Waals surface area contributed by atoms with Crippen LogP contribution in [0, 0.1) is 0 Å². The Labute approximate surface area is 165 Å². The van der Waals surface area contributed by atoms with Crippen LogP contribution in [0.1, 0.15) is 36.7 Å². The highest BCUT2D eigenvalue weighted by molar-refractivity contribution is 6.04. The molecule has 1 heterocycles. The van der Waals surface area contributed by atoms with E-state index in [4.69, 9.17) is 4.74 Å². The standard InChI is InChI=1S/C23H25N3O2/c1-23(2,3)17-5-7-19(8-6-17)26-22(27)16-13-14-24-21(15-16)25-18-9-11-20(28-4)12-10-18/h5-15H,1-4H3,(H,24,25)(H,26,27). The van der Waals surface area contributed by atoms with Crippen molar-refractivity contribution >= 4 is 23.1 Å². The third kappa shape index (κ3) is 4.88. The summed E-state index contributed by atoms with van der Waals surface area (Å²) >= 11 is 0. The number of carbonyl (C=O) groups is 1.